The number of amides is 1. The molecule has 1 N–H and O–H groups in total. The minimum absolute atomic E-state index is 0.418. The van der Waals surface area contributed by atoms with E-state index in [-0.39, 0.29) is 0 Å². The van der Waals surface area contributed by atoms with Crippen molar-refractivity contribution in [3.8, 4) is 0 Å². The smallest absolute Gasteiger partial charge is 0.466 e. The van der Waals surface area contributed by atoms with Crippen LogP contribution < -0.4 is 5.32 Å². The van der Waals surface area contributed by atoms with Gasteiger partial charge in [-0.2, -0.15) is 35.1 Å². The van der Waals surface area contributed by atoms with Gasteiger partial charge in [-0.05, 0) is 0 Å². The van der Waals surface area contributed by atoms with E-state index in [1.807, 2.05) is 0 Å². The van der Waals surface area contributed by atoms with Gasteiger partial charge in [0.25, 0.3) is 0 Å². The molecule has 0 aliphatic rings. The molecule has 0 saturated heterocycles. The Morgan fingerprint density at radius 2 is 1.52 bits per heavy atom. The van der Waals surface area contributed by atoms with Gasteiger partial charge in [-0.25, -0.2) is 13.2 Å². The monoisotopic (exact) mass is 438 g/mol. The SMILES string of the molecule is C=C(C(=O)OC(OCC(F)(F)S(=O)(=O)[O-])(C(=O)NC)C(F)(F)F)C(F)(F)F. The van der Waals surface area contributed by atoms with E-state index in [9.17, 15) is 57.7 Å². The zero-order valence-corrected chi connectivity index (χ0v) is 13.5. The molecule has 0 aromatic carbocycles. The average Bonchev–Trinajstić information content (AvgIpc) is 2.46. The third kappa shape index (κ3) is 5.48. The number of carbonyl (C=O) groups excluding carboxylic acids is 2. The Bertz CT molecular complexity index is 714. The quantitative estimate of drug-likeness (QED) is 0.205. The zero-order valence-electron chi connectivity index (χ0n) is 12.7. The Balaban J connectivity index is 6.15. The second kappa shape index (κ2) is 7.55. The lowest BCUT2D eigenvalue weighted by molar-refractivity contribution is -0.353. The Hall–Kier alpha value is -2.01. The second-order valence-corrected chi connectivity index (χ2v) is 5.94. The number of likely N-dealkylation sites (N-methyl/N-ethyl adjacent to an activating group) is 1. The third-order valence-corrected chi connectivity index (χ3v) is 3.38. The fourth-order valence-corrected chi connectivity index (χ4v) is 1.34. The first kappa shape index (κ1) is 25.0. The van der Waals surface area contributed by atoms with Crippen molar-refractivity contribution in [1.82, 2.24) is 5.32 Å². The highest BCUT2D eigenvalue weighted by Crippen LogP contribution is 2.39. The molecule has 0 aromatic heterocycles. The minimum Gasteiger partial charge on any atom is -0.743 e. The largest absolute Gasteiger partial charge is 0.743 e. The van der Waals surface area contributed by atoms with E-state index in [0.717, 1.165) is 5.32 Å². The highest BCUT2D eigenvalue weighted by Gasteiger charge is 2.67. The first-order valence-corrected chi connectivity index (χ1v) is 7.39. The fraction of sp³-hybridized carbons (Fsp3) is 0.600. The molecule has 0 spiro atoms. The molecule has 158 valence electrons. The van der Waals surface area contributed by atoms with Gasteiger partial charge in [0.1, 0.15) is 12.2 Å². The Morgan fingerprint density at radius 3 is 1.81 bits per heavy atom. The fourth-order valence-electron chi connectivity index (χ4n) is 1.14. The molecule has 0 heterocycles. The summed E-state index contributed by atoms with van der Waals surface area (Å²) in [5.74, 6) is -10.7. The lowest BCUT2D eigenvalue weighted by Crippen LogP contribution is -2.62. The maximum atomic E-state index is 13.2. The number of esters is 1. The summed E-state index contributed by atoms with van der Waals surface area (Å²) in [7, 11) is -6.20. The summed E-state index contributed by atoms with van der Waals surface area (Å²) in [6.45, 7) is -0.911. The number of carbonyl (C=O) groups is 2. The van der Waals surface area contributed by atoms with E-state index in [4.69, 9.17) is 0 Å². The lowest BCUT2D eigenvalue weighted by Gasteiger charge is -2.34. The summed E-state index contributed by atoms with van der Waals surface area (Å²) in [5, 5.41) is -4.44. The summed E-state index contributed by atoms with van der Waals surface area (Å²) in [4.78, 5) is 22.7. The van der Waals surface area contributed by atoms with Crippen molar-refractivity contribution in [3.05, 3.63) is 12.2 Å². The van der Waals surface area contributed by atoms with E-state index in [1.54, 1.807) is 0 Å². The number of halogens is 8. The summed E-state index contributed by atoms with van der Waals surface area (Å²) >= 11 is 0. The topological polar surface area (TPSA) is 122 Å². The number of nitrogens with one attached hydrogen (secondary N) is 1. The molecular formula is C10H8F8NO7S-. The molecule has 1 unspecified atom stereocenters. The van der Waals surface area contributed by atoms with Crippen LogP contribution in [0.4, 0.5) is 35.1 Å². The Labute approximate surface area is 144 Å². The van der Waals surface area contributed by atoms with Gasteiger partial charge in [0, 0.05) is 7.05 Å². The molecule has 0 aliphatic carbocycles. The highest BCUT2D eigenvalue weighted by atomic mass is 32.2. The van der Waals surface area contributed by atoms with Crippen LogP contribution in [-0.2, 0) is 29.2 Å². The van der Waals surface area contributed by atoms with Gasteiger partial charge in [0.05, 0.1) is 0 Å². The molecule has 0 radical (unpaired) electrons. The standard InChI is InChI=1S/C10H9F8NO7S/c1-4(9(13,14)15)5(20)26-8(6(21)19-2,10(16,17)18)25-3-7(11,12)27(22,23)24/h1,3H2,2H3,(H,19,21)(H,22,23,24)/p-1. The molecule has 1 amide bonds. The van der Waals surface area contributed by atoms with Gasteiger partial charge in [-0.1, -0.05) is 6.58 Å². The molecule has 0 rings (SSSR count). The predicted molar refractivity (Wildman–Crippen MR) is 64.7 cm³/mol. The highest BCUT2D eigenvalue weighted by molar-refractivity contribution is 7.86. The second-order valence-electron chi connectivity index (χ2n) is 4.44. The van der Waals surface area contributed by atoms with E-state index in [0.29, 0.717) is 7.05 Å². The van der Waals surface area contributed by atoms with Crippen molar-refractivity contribution in [2.24, 2.45) is 0 Å². The van der Waals surface area contributed by atoms with Gasteiger partial charge in [0.15, 0.2) is 10.1 Å². The number of rotatable bonds is 7. The van der Waals surface area contributed by atoms with Crippen LogP contribution >= 0.6 is 0 Å². The first-order chi connectivity index (χ1) is 11.7. The molecule has 17 heteroatoms. The summed E-state index contributed by atoms with van der Waals surface area (Å²) in [6.07, 6.45) is -11.9. The molecule has 0 fully saturated rings. The van der Waals surface area contributed by atoms with E-state index in [1.165, 1.54) is 0 Å². The van der Waals surface area contributed by atoms with E-state index < -0.39 is 57.6 Å². The molecule has 8 nitrogen and oxygen atoms in total. The average molecular weight is 438 g/mol. The lowest BCUT2D eigenvalue weighted by atomic mass is 10.2. The van der Waals surface area contributed by atoms with Crippen LogP contribution in [0, 0.1) is 0 Å². The maximum absolute atomic E-state index is 13.2. The number of ether oxygens (including phenoxy) is 2. The summed E-state index contributed by atoms with van der Waals surface area (Å²) in [5.41, 5.74) is -2.58. The van der Waals surface area contributed by atoms with Crippen LogP contribution in [0.5, 0.6) is 0 Å². The van der Waals surface area contributed by atoms with Crippen molar-refractivity contribution < 1.29 is 67.2 Å². The van der Waals surface area contributed by atoms with Crippen molar-refractivity contribution in [3.63, 3.8) is 0 Å². The molecule has 0 saturated carbocycles. The van der Waals surface area contributed by atoms with Crippen LogP contribution in [0.15, 0.2) is 12.2 Å². The molecule has 1 atom stereocenters. The van der Waals surface area contributed by atoms with Gasteiger partial charge in [-0.3, -0.25) is 4.79 Å². The van der Waals surface area contributed by atoms with Gasteiger partial charge < -0.3 is 19.3 Å². The van der Waals surface area contributed by atoms with Crippen LogP contribution in [0.1, 0.15) is 0 Å². The molecule has 0 aliphatic heterocycles. The zero-order chi connectivity index (χ0) is 22.1. The Kier molecular flexibility index (Phi) is 6.98. The Morgan fingerprint density at radius 1 is 1.07 bits per heavy atom. The van der Waals surface area contributed by atoms with Gasteiger partial charge in [-0.15, -0.1) is 0 Å². The van der Waals surface area contributed by atoms with Crippen molar-refractivity contribution >= 4 is 22.0 Å². The summed E-state index contributed by atoms with van der Waals surface area (Å²) in [6, 6.07) is 0. The van der Waals surface area contributed by atoms with Gasteiger partial charge in [0.2, 0.25) is 0 Å². The van der Waals surface area contributed by atoms with E-state index in [2.05, 4.69) is 16.1 Å². The third-order valence-electron chi connectivity index (χ3n) is 2.53. The number of hydrogen-bond donors (Lipinski definition) is 1. The summed E-state index contributed by atoms with van der Waals surface area (Å²) < 4.78 is 140. The van der Waals surface area contributed by atoms with Gasteiger partial charge >= 0.3 is 35.3 Å². The van der Waals surface area contributed by atoms with Crippen LogP contribution in [0.25, 0.3) is 0 Å². The molecule has 0 aromatic rings. The maximum Gasteiger partial charge on any atom is 0.466 e. The minimum atomic E-state index is -6.62. The van der Waals surface area contributed by atoms with Crippen molar-refractivity contribution in [1.29, 1.82) is 0 Å². The molecule has 0 bridgehead atoms. The predicted octanol–water partition coefficient (Wildman–Crippen LogP) is 0.807. The van der Waals surface area contributed by atoms with Crippen molar-refractivity contribution in [2.75, 3.05) is 13.7 Å². The molecular weight excluding hydrogens is 430 g/mol. The normalized spacial score (nSPS) is 15.6. The van der Waals surface area contributed by atoms with Crippen molar-refractivity contribution in [2.45, 2.75) is 23.4 Å². The number of hydrogen-bond acceptors (Lipinski definition) is 7. The van der Waals surface area contributed by atoms with E-state index >= 15 is 0 Å². The number of alkyl halides is 8. The van der Waals surface area contributed by atoms with Crippen LogP contribution in [0.2, 0.25) is 0 Å². The van der Waals surface area contributed by atoms with Crippen LogP contribution in [0.3, 0.4) is 0 Å². The van der Waals surface area contributed by atoms with Crippen LogP contribution in [-0.4, -0.2) is 61.9 Å². The first-order valence-electron chi connectivity index (χ1n) is 5.98. The molecule has 27 heavy (non-hydrogen) atoms.